The number of aryl methyl sites for hydroxylation is 1. The van der Waals surface area contributed by atoms with Crippen LogP contribution in [0, 0.1) is 5.92 Å². The van der Waals surface area contributed by atoms with Crippen LogP contribution in [-0.4, -0.2) is 39.1 Å². The highest BCUT2D eigenvalue weighted by atomic mass is 15.2. The fourth-order valence-corrected chi connectivity index (χ4v) is 3.71. The SMILES string of the molecule is C=C(CN1CCC(C)CC1)Nc1cc2cc(-c3cncn3C)ccc2cn1. The number of aromatic nitrogens is 3. The number of fused-ring (bicyclic) bond motifs is 1. The molecule has 0 radical (unpaired) electrons. The number of imidazole rings is 1. The molecule has 1 aliphatic rings. The molecule has 1 aromatic carbocycles. The first-order valence-electron chi connectivity index (χ1n) is 9.62. The fraction of sp³-hybridized carbons (Fsp3) is 0.364. The second-order valence-corrected chi connectivity index (χ2v) is 7.71. The maximum absolute atomic E-state index is 4.55. The number of nitrogens with zero attached hydrogens (tertiary/aromatic N) is 4. The van der Waals surface area contributed by atoms with E-state index in [0.717, 1.165) is 59.1 Å². The lowest BCUT2D eigenvalue weighted by molar-refractivity contribution is 0.207. The molecule has 0 spiro atoms. The average molecular weight is 361 g/mol. The van der Waals surface area contributed by atoms with Crippen molar-refractivity contribution in [1.82, 2.24) is 19.4 Å². The molecule has 0 atom stereocenters. The van der Waals surface area contributed by atoms with Gasteiger partial charge in [-0.15, -0.1) is 0 Å². The van der Waals surface area contributed by atoms with Crippen molar-refractivity contribution in [2.75, 3.05) is 25.0 Å². The Kier molecular flexibility index (Phi) is 4.94. The lowest BCUT2D eigenvalue weighted by atomic mass is 9.99. The van der Waals surface area contributed by atoms with Crippen molar-refractivity contribution in [3.05, 3.63) is 55.3 Å². The highest BCUT2D eigenvalue weighted by Gasteiger charge is 2.16. The first-order chi connectivity index (χ1) is 13.1. The Labute approximate surface area is 160 Å². The maximum atomic E-state index is 4.55. The summed E-state index contributed by atoms with van der Waals surface area (Å²) in [7, 11) is 2.01. The molecule has 0 amide bonds. The summed E-state index contributed by atoms with van der Waals surface area (Å²) in [5.41, 5.74) is 3.26. The fourth-order valence-electron chi connectivity index (χ4n) is 3.71. The largest absolute Gasteiger partial charge is 0.343 e. The summed E-state index contributed by atoms with van der Waals surface area (Å²) in [6.07, 6.45) is 8.18. The zero-order valence-corrected chi connectivity index (χ0v) is 16.2. The van der Waals surface area contributed by atoms with Gasteiger partial charge in [-0.1, -0.05) is 25.6 Å². The second-order valence-electron chi connectivity index (χ2n) is 7.71. The van der Waals surface area contributed by atoms with Gasteiger partial charge in [-0.2, -0.15) is 0 Å². The van der Waals surface area contributed by atoms with Gasteiger partial charge in [-0.05, 0) is 49.4 Å². The quantitative estimate of drug-likeness (QED) is 0.736. The predicted octanol–water partition coefficient (Wildman–Crippen LogP) is 4.29. The molecular formula is C22H27N5. The normalized spacial score (nSPS) is 15.9. The van der Waals surface area contributed by atoms with E-state index in [2.05, 4.69) is 58.0 Å². The average Bonchev–Trinajstić information content (AvgIpc) is 3.09. The van der Waals surface area contributed by atoms with Gasteiger partial charge in [0.2, 0.25) is 0 Å². The molecule has 3 aromatic rings. The highest BCUT2D eigenvalue weighted by Crippen LogP contribution is 2.25. The zero-order valence-electron chi connectivity index (χ0n) is 16.2. The van der Waals surface area contributed by atoms with Gasteiger partial charge >= 0.3 is 0 Å². The van der Waals surface area contributed by atoms with Crippen LogP contribution in [0.1, 0.15) is 19.8 Å². The minimum absolute atomic E-state index is 0.846. The van der Waals surface area contributed by atoms with E-state index >= 15 is 0 Å². The van der Waals surface area contributed by atoms with Gasteiger partial charge in [0.05, 0.1) is 18.2 Å². The number of anilines is 1. The van der Waals surface area contributed by atoms with E-state index in [0.29, 0.717) is 0 Å². The topological polar surface area (TPSA) is 46.0 Å². The first-order valence-corrected chi connectivity index (χ1v) is 9.62. The van der Waals surface area contributed by atoms with Gasteiger partial charge < -0.3 is 9.88 Å². The van der Waals surface area contributed by atoms with Crippen LogP contribution < -0.4 is 5.32 Å². The molecule has 1 N–H and O–H groups in total. The molecule has 0 bridgehead atoms. The van der Waals surface area contributed by atoms with Gasteiger partial charge in [0.25, 0.3) is 0 Å². The number of benzene rings is 1. The molecular weight excluding hydrogens is 334 g/mol. The van der Waals surface area contributed by atoms with Gasteiger partial charge in [0.1, 0.15) is 5.82 Å². The van der Waals surface area contributed by atoms with Crippen LogP contribution in [0.4, 0.5) is 5.82 Å². The van der Waals surface area contributed by atoms with Crippen molar-refractivity contribution in [2.45, 2.75) is 19.8 Å². The molecule has 27 heavy (non-hydrogen) atoms. The summed E-state index contributed by atoms with van der Waals surface area (Å²) in [6.45, 7) is 9.73. The number of hydrogen-bond acceptors (Lipinski definition) is 4. The summed E-state index contributed by atoms with van der Waals surface area (Å²) in [5, 5.41) is 5.68. The van der Waals surface area contributed by atoms with E-state index in [9.17, 15) is 0 Å². The monoisotopic (exact) mass is 361 g/mol. The van der Waals surface area contributed by atoms with Crippen molar-refractivity contribution < 1.29 is 0 Å². The van der Waals surface area contributed by atoms with E-state index in [1.54, 1.807) is 0 Å². The van der Waals surface area contributed by atoms with E-state index in [1.165, 1.54) is 12.8 Å². The van der Waals surface area contributed by atoms with E-state index in [4.69, 9.17) is 0 Å². The highest BCUT2D eigenvalue weighted by molar-refractivity contribution is 5.88. The summed E-state index contributed by atoms with van der Waals surface area (Å²) in [5.74, 6) is 1.69. The third-order valence-electron chi connectivity index (χ3n) is 5.43. The maximum Gasteiger partial charge on any atom is 0.130 e. The van der Waals surface area contributed by atoms with Crippen LogP contribution >= 0.6 is 0 Å². The van der Waals surface area contributed by atoms with Crippen molar-refractivity contribution in [2.24, 2.45) is 13.0 Å². The Balaban J connectivity index is 1.49. The summed E-state index contributed by atoms with van der Waals surface area (Å²) in [4.78, 5) is 11.2. The molecule has 0 saturated carbocycles. The molecule has 4 rings (SSSR count). The lowest BCUT2D eigenvalue weighted by Crippen LogP contribution is -2.35. The van der Waals surface area contributed by atoms with Gasteiger partial charge in [0, 0.05) is 36.4 Å². The van der Waals surface area contributed by atoms with Crippen LogP contribution in [0.5, 0.6) is 0 Å². The Morgan fingerprint density at radius 2 is 2.00 bits per heavy atom. The Morgan fingerprint density at radius 3 is 2.74 bits per heavy atom. The Hall–Kier alpha value is -2.66. The molecule has 5 nitrogen and oxygen atoms in total. The number of nitrogens with one attached hydrogen (secondary N) is 1. The number of piperidine rings is 1. The third kappa shape index (κ3) is 4.03. The predicted molar refractivity (Wildman–Crippen MR) is 112 cm³/mol. The van der Waals surface area contributed by atoms with E-state index in [-0.39, 0.29) is 0 Å². The number of likely N-dealkylation sites (tertiary alicyclic amines) is 1. The molecule has 2 aromatic heterocycles. The molecule has 5 heteroatoms. The molecule has 1 aliphatic heterocycles. The van der Waals surface area contributed by atoms with Crippen molar-refractivity contribution in [3.8, 4) is 11.3 Å². The van der Waals surface area contributed by atoms with Crippen molar-refractivity contribution in [3.63, 3.8) is 0 Å². The van der Waals surface area contributed by atoms with E-state index < -0.39 is 0 Å². The second kappa shape index (κ2) is 7.53. The molecule has 0 unspecified atom stereocenters. The zero-order chi connectivity index (χ0) is 18.8. The third-order valence-corrected chi connectivity index (χ3v) is 5.43. The first kappa shape index (κ1) is 17.7. The summed E-state index contributed by atoms with van der Waals surface area (Å²) < 4.78 is 2.03. The molecule has 1 fully saturated rings. The lowest BCUT2D eigenvalue weighted by Gasteiger charge is -2.30. The number of rotatable bonds is 5. The summed E-state index contributed by atoms with van der Waals surface area (Å²) in [6, 6.07) is 8.51. The molecule has 0 aliphatic carbocycles. The van der Waals surface area contributed by atoms with Crippen LogP contribution in [0.15, 0.2) is 55.3 Å². The minimum atomic E-state index is 0.846. The standard InChI is InChI=1S/C22H27N5/c1-16-6-8-27(9-7-16)14-17(2)25-22-11-20-10-18(4-5-19(20)12-24-22)21-13-23-15-26(21)3/h4-5,10-13,15-16H,2,6-9,14H2,1,3H3,(H,24,25). The number of hydrogen-bond donors (Lipinski definition) is 1. The van der Waals surface area contributed by atoms with Crippen LogP contribution in [0.2, 0.25) is 0 Å². The van der Waals surface area contributed by atoms with Gasteiger partial charge in [-0.25, -0.2) is 9.97 Å². The molecule has 1 saturated heterocycles. The number of pyridine rings is 1. The minimum Gasteiger partial charge on any atom is -0.343 e. The van der Waals surface area contributed by atoms with Crippen LogP contribution in [0.3, 0.4) is 0 Å². The summed E-state index contributed by atoms with van der Waals surface area (Å²) >= 11 is 0. The van der Waals surface area contributed by atoms with Crippen molar-refractivity contribution in [1.29, 1.82) is 0 Å². The van der Waals surface area contributed by atoms with Crippen LogP contribution in [-0.2, 0) is 7.05 Å². The van der Waals surface area contributed by atoms with Gasteiger partial charge in [0.15, 0.2) is 0 Å². The van der Waals surface area contributed by atoms with Crippen LogP contribution in [0.25, 0.3) is 22.0 Å². The molecule has 140 valence electrons. The molecule has 3 heterocycles. The van der Waals surface area contributed by atoms with Crippen molar-refractivity contribution >= 4 is 16.6 Å². The van der Waals surface area contributed by atoms with Gasteiger partial charge in [-0.3, -0.25) is 4.90 Å². The smallest absolute Gasteiger partial charge is 0.130 e. The van der Waals surface area contributed by atoms with E-state index in [1.807, 2.05) is 30.3 Å². The Bertz CT molecular complexity index is 950. The Morgan fingerprint density at radius 1 is 1.19 bits per heavy atom.